The van der Waals surface area contributed by atoms with Crippen LogP contribution in [0.1, 0.15) is 0 Å². The van der Waals surface area contributed by atoms with Crippen LogP contribution in [0.2, 0.25) is 0 Å². The minimum Gasteiger partial charge on any atom is -0.344 e. The van der Waals surface area contributed by atoms with Gasteiger partial charge in [-0.15, -0.1) is 20.2 Å². The van der Waals surface area contributed by atoms with Crippen molar-refractivity contribution in [3.8, 4) is 0 Å². The van der Waals surface area contributed by atoms with E-state index in [0.29, 0.717) is 0 Å². The highest BCUT2D eigenvalue weighted by Crippen LogP contribution is 1.59. The normalized spacial score (nSPS) is 7.07. The van der Waals surface area contributed by atoms with Crippen molar-refractivity contribution in [2.75, 3.05) is 0 Å². The molecule has 15 heavy (non-hydrogen) atoms. The monoisotopic (exact) mass is 258 g/mol. The molecular weight excluding hydrogens is 248 g/mol. The van der Waals surface area contributed by atoms with Crippen molar-refractivity contribution in [1.29, 1.82) is 0 Å². The van der Waals surface area contributed by atoms with Gasteiger partial charge in [-0.25, -0.2) is 0 Å². The summed E-state index contributed by atoms with van der Waals surface area (Å²) in [7, 11) is -4.67. The zero-order chi connectivity index (χ0) is 11.7. The number of rotatable bonds is 0. The van der Waals surface area contributed by atoms with Crippen LogP contribution in [0.3, 0.4) is 0 Å². The summed E-state index contributed by atoms with van der Waals surface area (Å²) in [6, 6.07) is 0. The van der Waals surface area contributed by atoms with Crippen LogP contribution in [0.25, 0.3) is 0 Å². The molecule has 96 valence electrons. The zero-order valence-corrected chi connectivity index (χ0v) is 7.77. The van der Waals surface area contributed by atoms with Crippen LogP contribution in [0, 0.1) is 20.2 Å². The lowest BCUT2D eigenvalue weighted by Gasteiger charge is -1.68. The van der Waals surface area contributed by atoms with Crippen molar-refractivity contribution in [2.45, 2.75) is 0 Å². The molecule has 0 saturated carbocycles. The highest BCUT2D eigenvalue weighted by molar-refractivity contribution is 7.79. The number of hydrogen-bond donors (Lipinski definition) is 6. The van der Waals surface area contributed by atoms with E-state index in [0.717, 1.165) is 0 Å². The zero-order valence-electron chi connectivity index (χ0n) is 6.96. The Bertz CT molecular complexity index is 212. The average molecular weight is 258 g/mol. The summed E-state index contributed by atoms with van der Waals surface area (Å²) in [6.45, 7) is 0. The van der Waals surface area contributed by atoms with Crippen molar-refractivity contribution < 1.29 is 38.1 Å². The van der Waals surface area contributed by atoms with Gasteiger partial charge in [-0.1, -0.05) is 0 Å². The van der Waals surface area contributed by atoms with Gasteiger partial charge in [0.05, 0.1) is 0 Å². The molecule has 14 nitrogen and oxygen atoms in total. The Hall–Kier alpha value is -1.81. The van der Waals surface area contributed by atoms with Crippen molar-refractivity contribution in [3.63, 3.8) is 0 Å². The SMILES string of the molecule is N.N.O=S(=O)(O)O.O=[N+]([O-])O.O=[N+]([O-])O. The van der Waals surface area contributed by atoms with E-state index in [-0.39, 0.29) is 12.3 Å². The Morgan fingerprint density at radius 2 is 0.867 bits per heavy atom. The summed E-state index contributed by atoms with van der Waals surface area (Å²) in [6.07, 6.45) is 0. The summed E-state index contributed by atoms with van der Waals surface area (Å²) in [4.78, 5) is 16.7. The molecule has 0 amide bonds. The van der Waals surface area contributed by atoms with E-state index in [1.165, 1.54) is 0 Å². The fraction of sp³-hybridized carbons (Fsp3) is 0. The minimum atomic E-state index is -4.67. The molecule has 0 saturated heterocycles. The molecule has 10 N–H and O–H groups in total. The lowest BCUT2D eigenvalue weighted by Crippen LogP contribution is -1.89. The molecule has 0 radical (unpaired) electrons. The molecule has 0 unspecified atom stereocenters. The molecule has 0 fully saturated rings. The maximum Gasteiger partial charge on any atom is 0.394 e. The molecular formula is H10N4O10S. The van der Waals surface area contributed by atoms with Gasteiger partial charge < -0.3 is 22.7 Å². The van der Waals surface area contributed by atoms with Crippen LogP contribution >= 0.6 is 0 Å². The van der Waals surface area contributed by atoms with Gasteiger partial charge >= 0.3 is 10.4 Å². The Morgan fingerprint density at radius 3 is 0.867 bits per heavy atom. The molecule has 0 rings (SSSR count). The van der Waals surface area contributed by atoms with Crippen LogP contribution in [-0.4, -0.2) is 38.1 Å². The molecule has 0 bridgehead atoms. The Balaban J connectivity index is -0.0000000315. The first-order valence-electron chi connectivity index (χ1n) is 1.83. The molecule has 0 aromatic rings. The second-order valence-electron chi connectivity index (χ2n) is 0.924. The predicted molar refractivity (Wildman–Crippen MR) is 41.8 cm³/mol. The topological polar surface area (TPSA) is 271 Å². The quantitative estimate of drug-likeness (QED) is 0.173. The van der Waals surface area contributed by atoms with E-state index in [9.17, 15) is 0 Å². The molecule has 0 aliphatic carbocycles. The third-order valence-corrected chi connectivity index (χ3v) is 0. The maximum absolute atomic E-state index is 8.74. The fourth-order valence-electron chi connectivity index (χ4n) is 0. The van der Waals surface area contributed by atoms with Crippen molar-refractivity contribution in [2.24, 2.45) is 0 Å². The molecule has 0 aromatic carbocycles. The van der Waals surface area contributed by atoms with E-state index in [2.05, 4.69) is 0 Å². The smallest absolute Gasteiger partial charge is 0.344 e. The molecule has 0 heterocycles. The van der Waals surface area contributed by atoms with Gasteiger partial charge in [-0.3, -0.25) is 9.11 Å². The lowest BCUT2D eigenvalue weighted by molar-refractivity contribution is -0.742. The van der Waals surface area contributed by atoms with Crippen molar-refractivity contribution in [3.05, 3.63) is 20.2 Å². The standard InChI is InChI=1S/2HNO3.2H3N.H2O4S/c2*2-1(3)4;;;1-5(2,3)4/h2*(H,2,3,4);2*1H3;(H2,1,2,3,4). The van der Waals surface area contributed by atoms with E-state index >= 15 is 0 Å². The van der Waals surface area contributed by atoms with Crippen LogP contribution in [0.4, 0.5) is 0 Å². The van der Waals surface area contributed by atoms with E-state index in [1.807, 2.05) is 0 Å². The first-order chi connectivity index (χ1) is 5.46. The second-order valence-corrected chi connectivity index (χ2v) is 1.82. The molecule has 0 aliphatic rings. The molecule has 15 heteroatoms. The molecule has 0 aromatic heterocycles. The summed E-state index contributed by atoms with van der Waals surface area (Å²) < 4.78 is 31.6. The molecule has 0 atom stereocenters. The summed E-state index contributed by atoms with van der Waals surface area (Å²) >= 11 is 0. The van der Waals surface area contributed by atoms with Crippen LogP contribution in [-0.2, 0) is 10.4 Å². The van der Waals surface area contributed by atoms with Gasteiger partial charge in [0.2, 0.25) is 0 Å². The van der Waals surface area contributed by atoms with E-state index < -0.39 is 20.6 Å². The van der Waals surface area contributed by atoms with Crippen LogP contribution in [0.5, 0.6) is 0 Å². The fourth-order valence-corrected chi connectivity index (χ4v) is 0. The van der Waals surface area contributed by atoms with E-state index in [1.54, 1.807) is 0 Å². The highest BCUT2D eigenvalue weighted by Gasteiger charge is 1.84. The third-order valence-electron chi connectivity index (χ3n) is 0. The van der Waals surface area contributed by atoms with Crippen LogP contribution in [0.15, 0.2) is 0 Å². The molecule has 0 aliphatic heterocycles. The molecule has 0 spiro atoms. The van der Waals surface area contributed by atoms with Crippen LogP contribution < -0.4 is 12.3 Å². The van der Waals surface area contributed by atoms with Gasteiger partial charge in [-0.2, -0.15) is 8.42 Å². The first kappa shape index (κ1) is 29.2. The van der Waals surface area contributed by atoms with Gasteiger partial charge in [-0.05, 0) is 0 Å². The first-order valence-corrected chi connectivity index (χ1v) is 3.23. The average Bonchev–Trinajstić information content (AvgIpc) is 1.50. The van der Waals surface area contributed by atoms with Crippen molar-refractivity contribution >= 4 is 10.4 Å². The van der Waals surface area contributed by atoms with Gasteiger partial charge in [0.1, 0.15) is 0 Å². The Labute approximate surface area is 82.1 Å². The van der Waals surface area contributed by atoms with Crippen molar-refractivity contribution in [1.82, 2.24) is 12.3 Å². The van der Waals surface area contributed by atoms with Gasteiger partial charge in [0.15, 0.2) is 0 Å². The predicted octanol–water partition coefficient (Wildman–Crippen LogP) is -1.02. The summed E-state index contributed by atoms with van der Waals surface area (Å²) in [5, 5.41) is 27.3. The highest BCUT2D eigenvalue weighted by atomic mass is 32.3. The van der Waals surface area contributed by atoms with Gasteiger partial charge in [0, 0.05) is 0 Å². The Morgan fingerprint density at radius 1 is 0.867 bits per heavy atom. The maximum atomic E-state index is 8.74. The summed E-state index contributed by atoms with van der Waals surface area (Å²) in [5.74, 6) is 0. The Kier molecular flexibility index (Phi) is 28.6. The third kappa shape index (κ3) is 386. The largest absolute Gasteiger partial charge is 0.394 e. The second kappa shape index (κ2) is 14.7. The minimum absolute atomic E-state index is 0. The van der Waals surface area contributed by atoms with Gasteiger partial charge in [0.25, 0.3) is 10.2 Å². The summed E-state index contributed by atoms with van der Waals surface area (Å²) in [5.41, 5.74) is 0. The number of hydrogen-bond acceptors (Lipinski definition) is 8. The number of nitrogens with zero attached hydrogens (tertiary/aromatic N) is 2. The van der Waals surface area contributed by atoms with E-state index in [4.69, 9.17) is 48.2 Å². The lowest BCUT2D eigenvalue weighted by atomic mass is 13.1.